The summed E-state index contributed by atoms with van der Waals surface area (Å²) in [4.78, 5) is 16.7. The summed E-state index contributed by atoms with van der Waals surface area (Å²) >= 11 is 0. The fourth-order valence-electron chi connectivity index (χ4n) is 2.48. The van der Waals surface area contributed by atoms with E-state index in [1.165, 1.54) is 0 Å². The first-order valence-electron chi connectivity index (χ1n) is 7.59. The molecule has 0 unspecified atom stereocenters. The van der Waals surface area contributed by atoms with Crippen molar-refractivity contribution in [2.75, 3.05) is 19.0 Å². The van der Waals surface area contributed by atoms with Crippen molar-refractivity contribution in [3.05, 3.63) is 60.3 Å². The average molecular weight is 322 g/mol. The van der Waals surface area contributed by atoms with Gasteiger partial charge in [0, 0.05) is 11.1 Å². The number of ether oxygens (including phenoxy) is 2. The van der Waals surface area contributed by atoms with Crippen LogP contribution in [0.1, 0.15) is 5.69 Å². The number of fused-ring (bicyclic) bond motifs is 1. The van der Waals surface area contributed by atoms with E-state index in [1.807, 2.05) is 49.4 Å². The summed E-state index contributed by atoms with van der Waals surface area (Å²) in [6.07, 6.45) is 0. The number of pyridine rings is 1. The molecule has 1 heterocycles. The van der Waals surface area contributed by atoms with Crippen molar-refractivity contribution in [2.24, 2.45) is 0 Å². The van der Waals surface area contributed by atoms with Crippen LogP contribution in [0.3, 0.4) is 0 Å². The second-order valence-electron chi connectivity index (χ2n) is 5.32. The molecular weight excluding hydrogens is 304 g/mol. The van der Waals surface area contributed by atoms with Crippen LogP contribution < -0.4 is 14.8 Å². The lowest BCUT2D eigenvalue weighted by atomic mass is 10.1. The van der Waals surface area contributed by atoms with Crippen LogP contribution >= 0.6 is 0 Å². The molecule has 5 heteroatoms. The van der Waals surface area contributed by atoms with Gasteiger partial charge in [-0.2, -0.15) is 0 Å². The van der Waals surface area contributed by atoms with Crippen LogP contribution in [-0.2, 0) is 4.79 Å². The molecule has 5 nitrogen and oxygen atoms in total. The van der Waals surface area contributed by atoms with Gasteiger partial charge in [0.15, 0.2) is 18.1 Å². The number of para-hydroxylation sites is 3. The zero-order chi connectivity index (χ0) is 16.9. The smallest absolute Gasteiger partial charge is 0.262 e. The Labute approximate surface area is 140 Å². The number of hydrogen-bond donors (Lipinski definition) is 1. The highest BCUT2D eigenvalue weighted by atomic mass is 16.5. The zero-order valence-electron chi connectivity index (χ0n) is 13.6. The number of carbonyl (C=O) groups excluding carboxylic acids is 1. The number of aromatic nitrogens is 1. The highest BCUT2D eigenvalue weighted by Gasteiger charge is 2.10. The fourth-order valence-corrected chi connectivity index (χ4v) is 2.48. The molecule has 3 aromatic rings. The van der Waals surface area contributed by atoms with E-state index in [0.717, 1.165) is 22.3 Å². The Morgan fingerprint density at radius 1 is 1.08 bits per heavy atom. The standard InChI is InChI=1S/C19H18N2O3/c1-13-11-16(14-7-3-4-8-15(14)20-13)21-19(22)12-24-18-10-6-5-9-17(18)23-2/h3-11H,12H2,1-2H3,(H,20,21,22). The fraction of sp³-hybridized carbons (Fsp3) is 0.158. The minimum absolute atomic E-state index is 0.101. The lowest BCUT2D eigenvalue weighted by Gasteiger charge is -2.12. The maximum Gasteiger partial charge on any atom is 0.262 e. The third kappa shape index (κ3) is 3.46. The minimum atomic E-state index is -0.239. The largest absolute Gasteiger partial charge is 0.493 e. The third-order valence-electron chi connectivity index (χ3n) is 3.55. The van der Waals surface area contributed by atoms with Crippen LogP contribution in [0.4, 0.5) is 5.69 Å². The average Bonchev–Trinajstić information content (AvgIpc) is 2.60. The van der Waals surface area contributed by atoms with Gasteiger partial charge in [0.2, 0.25) is 0 Å². The summed E-state index contributed by atoms with van der Waals surface area (Å²) < 4.78 is 10.8. The molecule has 3 rings (SSSR count). The molecular formula is C19H18N2O3. The third-order valence-corrected chi connectivity index (χ3v) is 3.55. The van der Waals surface area contributed by atoms with Crippen molar-refractivity contribution in [3.63, 3.8) is 0 Å². The van der Waals surface area contributed by atoms with Gasteiger partial charge in [-0.15, -0.1) is 0 Å². The van der Waals surface area contributed by atoms with Crippen LogP contribution in [-0.4, -0.2) is 24.6 Å². The van der Waals surface area contributed by atoms with Crippen molar-refractivity contribution >= 4 is 22.5 Å². The molecule has 0 saturated heterocycles. The molecule has 24 heavy (non-hydrogen) atoms. The number of methoxy groups -OCH3 is 1. The van der Waals surface area contributed by atoms with Crippen LogP contribution in [0.25, 0.3) is 10.9 Å². The zero-order valence-corrected chi connectivity index (χ0v) is 13.6. The first-order valence-corrected chi connectivity index (χ1v) is 7.59. The molecule has 0 fully saturated rings. The van der Waals surface area contributed by atoms with Crippen molar-refractivity contribution in [2.45, 2.75) is 6.92 Å². The molecule has 0 aliphatic carbocycles. The molecule has 1 N–H and O–H groups in total. The van der Waals surface area contributed by atoms with Crippen molar-refractivity contribution in [3.8, 4) is 11.5 Å². The minimum Gasteiger partial charge on any atom is -0.493 e. The lowest BCUT2D eigenvalue weighted by molar-refractivity contribution is -0.118. The van der Waals surface area contributed by atoms with Crippen LogP contribution in [0.5, 0.6) is 11.5 Å². The number of nitrogens with one attached hydrogen (secondary N) is 1. The van der Waals surface area contributed by atoms with E-state index in [2.05, 4.69) is 10.3 Å². The quantitative estimate of drug-likeness (QED) is 0.780. The van der Waals surface area contributed by atoms with Crippen molar-refractivity contribution in [1.82, 2.24) is 4.98 Å². The van der Waals surface area contributed by atoms with Gasteiger partial charge in [-0.25, -0.2) is 0 Å². The highest BCUT2D eigenvalue weighted by molar-refractivity contribution is 6.01. The van der Waals surface area contributed by atoms with E-state index >= 15 is 0 Å². The number of hydrogen-bond acceptors (Lipinski definition) is 4. The Hall–Kier alpha value is -3.08. The number of anilines is 1. The maximum atomic E-state index is 12.2. The first-order chi connectivity index (χ1) is 11.7. The van der Waals surface area contributed by atoms with E-state index in [0.29, 0.717) is 11.5 Å². The Morgan fingerprint density at radius 3 is 2.58 bits per heavy atom. The highest BCUT2D eigenvalue weighted by Crippen LogP contribution is 2.26. The molecule has 0 atom stereocenters. The van der Waals surface area contributed by atoms with Gasteiger partial charge in [0.05, 0.1) is 18.3 Å². The summed E-state index contributed by atoms with van der Waals surface area (Å²) in [6.45, 7) is 1.80. The van der Waals surface area contributed by atoms with Crippen LogP contribution in [0, 0.1) is 6.92 Å². The van der Waals surface area contributed by atoms with Crippen molar-refractivity contribution < 1.29 is 14.3 Å². The topological polar surface area (TPSA) is 60.5 Å². The lowest BCUT2D eigenvalue weighted by Crippen LogP contribution is -2.20. The summed E-state index contributed by atoms with van der Waals surface area (Å²) in [7, 11) is 1.56. The molecule has 122 valence electrons. The number of carbonyl (C=O) groups is 1. The Bertz CT molecular complexity index is 877. The van der Waals surface area contributed by atoms with E-state index in [4.69, 9.17) is 9.47 Å². The Balaban J connectivity index is 1.74. The molecule has 1 aromatic heterocycles. The van der Waals surface area contributed by atoms with E-state index in [-0.39, 0.29) is 12.5 Å². The Kier molecular flexibility index (Phi) is 4.61. The summed E-state index contributed by atoms with van der Waals surface area (Å²) in [5.74, 6) is 0.887. The predicted molar refractivity (Wildman–Crippen MR) is 93.6 cm³/mol. The second kappa shape index (κ2) is 7.00. The molecule has 0 spiro atoms. The maximum absolute atomic E-state index is 12.2. The summed E-state index contributed by atoms with van der Waals surface area (Å²) in [6, 6.07) is 16.8. The molecule has 0 bridgehead atoms. The second-order valence-corrected chi connectivity index (χ2v) is 5.32. The van der Waals surface area contributed by atoms with Crippen molar-refractivity contribution in [1.29, 1.82) is 0 Å². The number of amides is 1. The number of aryl methyl sites for hydroxylation is 1. The Morgan fingerprint density at radius 2 is 1.79 bits per heavy atom. The first kappa shape index (κ1) is 15.8. The van der Waals surface area contributed by atoms with Gasteiger partial charge < -0.3 is 14.8 Å². The molecule has 0 radical (unpaired) electrons. The molecule has 2 aromatic carbocycles. The van der Waals surface area contributed by atoms with Gasteiger partial charge in [-0.3, -0.25) is 9.78 Å². The van der Waals surface area contributed by atoms with Gasteiger partial charge in [0.25, 0.3) is 5.91 Å². The molecule has 1 amide bonds. The molecule has 0 aliphatic heterocycles. The van der Waals surface area contributed by atoms with Gasteiger partial charge in [0.1, 0.15) is 0 Å². The SMILES string of the molecule is COc1ccccc1OCC(=O)Nc1cc(C)nc2ccccc12. The van der Waals surface area contributed by atoms with E-state index in [1.54, 1.807) is 19.2 Å². The number of benzene rings is 2. The van der Waals surface area contributed by atoms with E-state index in [9.17, 15) is 4.79 Å². The van der Waals surface area contributed by atoms with E-state index < -0.39 is 0 Å². The monoisotopic (exact) mass is 322 g/mol. The summed E-state index contributed by atoms with van der Waals surface area (Å²) in [5, 5.41) is 3.79. The number of rotatable bonds is 5. The summed E-state index contributed by atoms with van der Waals surface area (Å²) in [5.41, 5.74) is 2.42. The van der Waals surface area contributed by atoms with Gasteiger partial charge in [-0.05, 0) is 31.2 Å². The predicted octanol–water partition coefficient (Wildman–Crippen LogP) is 3.57. The number of nitrogens with zero attached hydrogens (tertiary/aromatic N) is 1. The van der Waals surface area contributed by atoms with Gasteiger partial charge in [-0.1, -0.05) is 30.3 Å². The normalized spacial score (nSPS) is 10.4. The van der Waals surface area contributed by atoms with Crippen LogP contribution in [0.15, 0.2) is 54.6 Å². The van der Waals surface area contributed by atoms with Crippen LogP contribution in [0.2, 0.25) is 0 Å². The molecule has 0 saturated carbocycles. The molecule has 0 aliphatic rings. The van der Waals surface area contributed by atoms with Gasteiger partial charge >= 0.3 is 0 Å².